The van der Waals surface area contributed by atoms with Crippen molar-refractivity contribution in [2.45, 2.75) is 6.42 Å². The third-order valence-corrected chi connectivity index (χ3v) is 3.51. The van der Waals surface area contributed by atoms with E-state index in [1.165, 1.54) is 0 Å². The van der Waals surface area contributed by atoms with Gasteiger partial charge >= 0.3 is 0 Å². The summed E-state index contributed by atoms with van der Waals surface area (Å²) in [5.74, 6) is 1.83. The van der Waals surface area contributed by atoms with E-state index in [-0.39, 0.29) is 0 Å². The van der Waals surface area contributed by atoms with Crippen LogP contribution in [-0.4, -0.2) is 34.8 Å². The minimum absolute atomic E-state index is 0.478. The van der Waals surface area contributed by atoms with Gasteiger partial charge in [-0.25, -0.2) is 4.98 Å². The van der Waals surface area contributed by atoms with Crippen LogP contribution in [0.1, 0.15) is 6.42 Å². The molecule has 1 atom stereocenters. The molecule has 1 aromatic rings. The molecule has 1 aromatic heterocycles. The summed E-state index contributed by atoms with van der Waals surface area (Å²) in [5, 5.41) is 6.94. The Kier molecular flexibility index (Phi) is 6.02. The van der Waals surface area contributed by atoms with Gasteiger partial charge in [0.1, 0.15) is 11.6 Å². The quantitative estimate of drug-likeness (QED) is 0.792. The molecule has 0 aliphatic rings. The highest BCUT2D eigenvalue weighted by atomic mass is 35.5. The largest absolute Gasteiger partial charge is 0.372 e. The predicted molar refractivity (Wildman–Crippen MR) is 75.8 cm³/mol. The van der Waals surface area contributed by atoms with Crippen LogP contribution in [-0.2, 0) is 10.8 Å². The topological polar surface area (TPSA) is 54.0 Å². The van der Waals surface area contributed by atoms with E-state index in [1.807, 2.05) is 0 Å². The zero-order valence-electron chi connectivity index (χ0n) is 9.72. The van der Waals surface area contributed by atoms with Crippen LogP contribution in [0.15, 0.2) is 6.07 Å². The van der Waals surface area contributed by atoms with Crippen LogP contribution >= 0.6 is 23.2 Å². The zero-order valence-corrected chi connectivity index (χ0v) is 12.0. The Labute approximate surface area is 114 Å². The Morgan fingerprint density at radius 3 is 2.59 bits per heavy atom. The summed E-state index contributed by atoms with van der Waals surface area (Å²) in [6, 6.07) is 1.64. The predicted octanol–water partition coefficient (Wildman–Crippen LogP) is 2.61. The highest BCUT2D eigenvalue weighted by Crippen LogP contribution is 2.28. The van der Waals surface area contributed by atoms with Crippen molar-refractivity contribution in [1.29, 1.82) is 0 Å². The molecular weight excluding hydrogens is 281 g/mol. The van der Waals surface area contributed by atoms with Gasteiger partial charge < -0.3 is 10.6 Å². The summed E-state index contributed by atoms with van der Waals surface area (Å²) >= 11 is 11.9. The van der Waals surface area contributed by atoms with Crippen molar-refractivity contribution in [3.8, 4) is 0 Å². The number of pyridine rings is 1. The van der Waals surface area contributed by atoms with Crippen LogP contribution in [0.2, 0.25) is 10.0 Å². The monoisotopic (exact) mass is 295 g/mol. The first-order valence-electron chi connectivity index (χ1n) is 5.12. The maximum atomic E-state index is 10.9. The fourth-order valence-electron chi connectivity index (χ4n) is 1.25. The maximum absolute atomic E-state index is 10.9. The number of anilines is 2. The molecule has 4 nitrogen and oxygen atoms in total. The standard InChI is InChI=1S/C10H15Cl2N3OS/c1-13-9-7(11)6-8(12)10(15-9)14-4-3-5-17(2)16/h6H,3-5H2,1-2H3,(H2,13,14,15). The van der Waals surface area contributed by atoms with E-state index in [4.69, 9.17) is 23.2 Å². The van der Waals surface area contributed by atoms with Crippen molar-refractivity contribution in [1.82, 2.24) is 4.98 Å². The first kappa shape index (κ1) is 14.5. The van der Waals surface area contributed by atoms with Crippen LogP contribution < -0.4 is 10.6 Å². The van der Waals surface area contributed by atoms with Gasteiger partial charge in [0.05, 0.1) is 10.0 Å². The third-order valence-electron chi connectivity index (χ3n) is 2.07. The summed E-state index contributed by atoms with van der Waals surface area (Å²) in [5.41, 5.74) is 0. The van der Waals surface area contributed by atoms with Gasteiger partial charge in [-0.1, -0.05) is 23.2 Å². The molecular formula is C10H15Cl2N3OS. The van der Waals surface area contributed by atoms with Crippen LogP contribution in [0, 0.1) is 0 Å². The van der Waals surface area contributed by atoms with Crippen molar-refractivity contribution >= 4 is 45.6 Å². The van der Waals surface area contributed by atoms with E-state index in [2.05, 4.69) is 15.6 Å². The molecule has 0 aliphatic heterocycles. The Hall–Kier alpha value is -0.520. The first-order chi connectivity index (χ1) is 8.04. The smallest absolute Gasteiger partial charge is 0.147 e. The molecule has 0 spiro atoms. The first-order valence-corrected chi connectivity index (χ1v) is 7.60. The molecule has 2 N–H and O–H groups in total. The number of nitrogens with one attached hydrogen (secondary N) is 2. The molecule has 0 amide bonds. The molecule has 1 unspecified atom stereocenters. The lowest BCUT2D eigenvalue weighted by Gasteiger charge is -2.10. The average molecular weight is 296 g/mol. The van der Waals surface area contributed by atoms with Crippen LogP contribution in [0.5, 0.6) is 0 Å². The number of hydrogen-bond donors (Lipinski definition) is 2. The molecule has 0 bridgehead atoms. The van der Waals surface area contributed by atoms with Gasteiger partial charge in [-0.2, -0.15) is 0 Å². The Morgan fingerprint density at radius 1 is 1.35 bits per heavy atom. The average Bonchev–Trinajstić information content (AvgIpc) is 2.26. The van der Waals surface area contributed by atoms with Crippen LogP contribution in [0.4, 0.5) is 11.6 Å². The van der Waals surface area contributed by atoms with Crippen LogP contribution in [0.25, 0.3) is 0 Å². The molecule has 0 saturated heterocycles. The third kappa shape index (κ3) is 4.69. The summed E-state index contributed by atoms with van der Waals surface area (Å²) < 4.78 is 10.9. The SMILES string of the molecule is CNc1nc(NCCCS(C)=O)c(Cl)cc1Cl. The Balaban J connectivity index is 2.61. The molecule has 0 saturated carbocycles. The fraction of sp³-hybridized carbons (Fsp3) is 0.500. The number of nitrogens with zero attached hydrogens (tertiary/aromatic N) is 1. The van der Waals surface area contributed by atoms with Gasteiger partial charge in [0.25, 0.3) is 0 Å². The minimum atomic E-state index is -0.765. The summed E-state index contributed by atoms with van der Waals surface area (Å²) in [6.07, 6.45) is 2.49. The highest BCUT2D eigenvalue weighted by Gasteiger charge is 2.07. The van der Waals surface area contributed by atoms with E-state index in [0.717, 1.165) is 6.42 Å². The molecule has 0 radical (unpaired) electrons. The molecule has 1 rings (SSSR count). The van der Waals surface area contributed by atoms with Crippen molar-refractivity contribution in [2.24, 2.45) is 0 Å². The minimum Gasteiger partial charge on any atom is -0.372 e. The number of aromatic nitrogens is 1. The van der Waals surface area contributed by atoms with Crippen molar-refractivity contribution in [3.05, 3.63) is 16.1 Å². The van der Waals surface area contributed by atoms with Crippen molar-refractivity contribution in [2.75, 3.05) is 36.2 Å². The molecule has 0 aliphatic carbocycles. The molecule has 0 aromatic carbocycles. The molecule has 1 heterocycles. The second-order valence-corrected chi connectivity index (χ2v) is 5.83. The highest BCUT2D eigenvalue weighted by molar-refractivity contribution is 7.84. The van der Waals surface area contributed by atoms with Gasteiger partial charge in [0.15, 0.2) is 0 Å². The molecule has 17 heavy (non-hydrogen) atoms. The molecule has 96 valence electrons. The maximum Gasteiger partial charge on any atom is 0.147 e. The van der Waals surface area contributed by atoms with E-state index in [0.29, 0.717) is 34.0 Å². The lowest BCUT2D eigenvalue weighted by Crippen LogP contribution is -2.08. The van der Waals surface area contributed by atoms with Gasteiger partial charge in [0.2, 0.25) is 0 Å². The summed E-state index contributed by atoms with van der Waals surface area (Å²) in [6.45, 7) is 0.678. The number of hydrogen-bond acceptors (Lipinski definition) is 4. The Bertz CT molecular complexity index is 415. The molecule has 7 heteroatoms. The lowest BCUT2D eigenvalue weighted by atomic mass is 10.4. The van der Waals surface area contributed by atoms with E-state index in [1.54, 1.807) is 19.4 Å². The number of rotatable bonds is 6. The van der Waals surface area contributed by atoms with Gasteiger partial charge in [-0.15, -0.1) is 0 Å². The Morgan fingerprint density at radius 2 is 2.00 bits per heavy atom. The second kappa shape index (κ2) is 7.03. The second-order valence-electron chi connectivity index (χ2n) is 3.46. The fourth-order valence-corrected chi connectivity index (χ4v) is 2.32. The van der Waals surface area contributed by atoms with Crippen molar-refractivity contribution in [3.63, 3.8) is 0 Å². The zero-order chi connectivity index (χ0) is 12.8. The van der Waals surface area contributed by atoms with E-state index >= 15 is 0 Å². The lowest BCUT2D eigenvalue weighted by molar-refractivity contribution is 0.685. The van der Waals surface area contributed by atoms with Crippen molar-refractivity contribution < 1.29 is 4.21 Å². The van der Waals surface area contributed by atoms with Gasteiger partial charge in [-0.3, -0.25) is 4.21 Å². The van der Waals surface area contributed by atoms with Crippen LogP contribution in [0.3, 0.4) is 0 Å². The summed E-state index contributed by atoms with van der Waals surface area (Å²) in [4.78, 5) is 4.25. The summed E-state index contributed by atoms with van der Waals surface area (Å²) in [7, 11) is 0.977. The van der Waals surface area contributed by atoms with Gasteiger partial charge in [-0.05, 0) is 12.5 Å². The van der Waals surface area contributed by atoms with E-state index in [9.17, 15) is 4.21 Å². The molecule has 0 fully saturated rings. The normalized spacial score (nSPS) is 12.2. The van der Waals surface area contributed by atoms with Gasteiger partial charge in [0, 0.05) is 36.4 Å². The number of halogens is 2. The van der Waals surface area contributed by atoms with E-state index < -0.39 is 10.8 Å².